The molecular formula is C41H41ClF3NO9S. The molecule has 10 nitrogen and oxygen atoms in total. The quantitative estimate of drug-likeness (QED) is 0.0830. The van der Waals surface area contributed by atoms with E-state index in [2.05, 4.69) is 5.32 Å². The highest BCUT2D eigenvalue weighted by atomic mass is 35.5. The van der Waals surface area contributed by atoms with E-state index in [0.29, 0.717) is 16.0 Å². The van der Waals surface area contributed by atoms with Crippen LogP contribution >= 0.6 is 23.4 Å². The Labute approximate surface area is 331 Å². The van der Waals surface area contributed by atoms with Gasteiger partial charge in [0.1, 0.15) is 18.1 Å². The molecule has 1 heterocycles. The zero-order chi connectivity index (χ0) is 40.0. The van der Waals surface area contributed by atoms with Gasteiger partial charge in [0.15, 0.2) is 6.10 Å². The Morgan fingerprint density at radius 1 is 0.839 bits per heavy atom. The van der Waals surface area contributed by atoms with E-state index in [1.54, 1.807) is 91.0 Å². The van der Waals surface area contributed by atoms with E-state index >= 15 is 0 Å². The smallest absolute Gasteiger partial charge is 0.466 e. The zero-order valence-corrected chi connectivity index (χ0v) is 31.8. The summed E-state index contributed by atoms with van der Waals surface area (Å²) in [5, 5.41) is 2.07. The first-order valence-corrected chi connectivity index (χ1v) is 18.9. The maximum atomic E-state index is 14.1. The van der Waals surface area contributed by atoms with Crippen LogP contribution in [0.15, 0.2) is 126 Å². The number of hydrogen-bond donors (Lipinski definition) is 1. The lowest BCUT2D eigenvalue weighted by Gasteiger charge is -2.49. The van der Waals surface area contributed by atoms with Gasteiger partial charge in [-0.2, -0.15) is 13.2 Å². The fourth-order valence-corrected chi connectivity index (χ4v) is 7.39. The third-order valence-electron chi connectivity index (χ3n) is 8.70. The summed E-state index contributed by atoms with van der Waals surface area (Å²) in [4.78, 5) is 38.4. The summed E-state index contributed by atoms with van der Waals surface area (Å²) < 4.78 is 78.9. The molecule has 1 N–H and O–H groups in total. The summed E-state index contributed by atoms with van der Waals surface area (Å²) in [5.74, 6) is -4.65. The van der Waals surface area contributed by atoms with Gasteiger partial charge in [-0.25, -0.2) is 4.79 Å². The summed E-state index contributed by atoms with van der Waals surface area (Å²) in [6.07, 6.45) is -11.6. The Hall–Kier alpha value is -4.44. The topological polar surface area (TPSA) is 119 Å². The van der Waals surface area contributed by atoms with Crippen LogP contribution in [0, 0.1) is 0 Å². The van der Waals surface area contributed by atoms with Crippen LogP contribution < -0.4 is 5.32 Å². The summed E-state index contributed by atoms with van der Waals surface area (Å²) in [6.45, 7) is -0.584. The lowest BCUT2D eigenvalue weighted by molar-refractivity contribution is -0.231. The van der Waals surface area contributed by atoms with Crippen molar-refractivity contribution in [3.8, 4) is 0 Å². The summed E-state index contributed by atoms with van der Waals surface area (Å²) in [6, 6.07) is 33.8. The van der Waals surface area contributed by atoms with Crippen molar-refractivity contribution in [2.24, 2.45) is 0 Å². The molecule has 0 saturated carbocycles. The van der Waals surface area contributed by atoms with Gasteiger partial charge >= 0.3 is 24.0 Å². The van der Waals surface area contributed by atoms with E-state index in [4.69, 9.17) is 40.0 Å². The van der Waals surface area contributed by atoms with Crippen molar-refractivity contribution in [2.45, 2.75) is 72.7 Å². The second-order valence-corrected chi connectivity index (χ2v) is 14.3. The minimum Gasteiger partial charge on any atom is -0.466 e. The van der Waals surface area contributed by atoms with Crippen molar-refractivity contribution >= 4 is 41.2 Å². The van der Waals surface area contributed by atoms with E-state index in [1.165, 1.54) is 0 Å². The number of ether oxygens (including phenoxy) is 6. The fourth-order valence-electron chi connectivity index (χ4n) is 6.08. The first-order valence-electron chi connectivity index (χ1n) is 17.6. The van der Waals surface area contributed by atoms with Crippen LogP contribution in [0.1, 0.15) is 23.1 Å². The van der Waals surface area contributed by atoms with Crippen LogP contribution in [0.5, 0.6) is 0 Å². The molecule has 4 aromatic carbocycles. The van der Waals surface area contributed by atoms with Gasteiger partial charge in [-0.05, 0) is 28.8 Å². The normalized spacial score (nSPS) is 20.7. The number of methoxy groups -OCH3 is 1. The van der Waals surface area contributed by atoms with Gasteiger partial charge in [0, 0.05) is 11.3 Å². The molecule has 5 rings (SSSR count). The van der Waals surface area contributed by atoms with Crippen molar-refractivity contribution in [3.05, 3.63) is 138 Å². The Morgan fingerprint density at radius 3 is 1.91 bits per heavy atom. The van der Waals surface area contributed by atoms with Crippen molar-refractivity contribution in [2.75, 3.05) is 19.6 Å². The van der Waals surface area contributed by atoms with Crippen molar-refractivity contribution in [1.82, 2.24) is 5.32 Å². The first-order chi connectivity index (χ1) is 27.0. The maximum Gasteiger partial charge on any atom is 0.471 e. The van der Waals surface area contributed by atoms with E-state index in [0.717, 1.165) is 24.4 Å². The molecule has 1 fully saturated rings. The van der Waals surface area contributed by atoms with Crippen LogP contribution in [-0.2, 0) is 62.6 Å². The third kappa shape index (κ3) is 12.0. The molecule has 1 aliphatic rings. The highest BCUT2D eigenvalue weighted by Crippen LogP contribution is 2.46. The molecule has 0 radical (unpaired) electrons. The second kappa shape index (κ2) is 20.6. The predicted octanol–water partition coefficient (Wildman–Crippen LogP) is 7.02. The van der Waals surface area contributed by atoms with Gasteiger partial charge in [0.05, 0.1) is 45.7 Å². The van der Waals surface area contributed by atoms with E-state index in [1.807, 2.05) is 30.3 Å². The number of halogens is 4. The van der Waals surface area contributed by atoms with Crippen LogP contribution in [0.2, 0.25) is 0 Å². The molecule has 298 valence electrons. The van der Waals surface area contributed by atoms with Gasteiger partial charge in [0.2, 0.25) is 4.93 Å². The van der Waals surface area contributed by atoms with E-state index in [9.17, 15) is 27.6 Å². The van der Waals surface area contributed by atoms with Crippen molar-refractivity contribution in [3.63, 3.8) is 0 Å². The molecule has 15 heteroatoms. The monoisotopic (exact) mass is 815 g/mol. The molecule has 1 amide bonds. The SMILES string of the molecule is COC(=O)[C@]1(Sc2ccccc2)C[C@H](OCc2ccccc2)[C@@H](NC(=O)C(F)(F)F)[C@H]([C@H](OCc2ccccc2)[C@@H](COCc2ccccc2)OC(=O)CCl)O1. The van der Waals surface area contributed by atoms with Crippen LogP contribution in [0.25, 0.3) is 0 Å². The number of benzene rings is 4. The van der Waals surface area contributed by atoms with Crippen LogP contribution in [-0.4, -0.2) is 79.0 Å². The lowest BCUT2D eigenvalue weighted by Crippen LogP contribution is -2.68. The number of rotatable bonds is 18. The predicted molar refractivity (Wildman–Crippen MR) is 201 cm³/mol. The van der Waals surface area contributed by atoms with E-state index in [-0.39, 0.29) is 32.8 Å². The molecule has 1 saturated heterocycles. The summed E-state index contributed by atoms with van der Waals surface area (Å²) in [5.41, 5.74) is 2.08. The molecular weight excluding hydrogens is 775 g/mol. The first kappa shape index (κ1) is 42.7. The number of carbonyl (C=O) groups excluding carboxylic acids is 3. The Balaban J connectivity index is 1.65. The average Bonchev–Trinajstić information content (AvgIpc) is 3.21. The van der Waals surface area contributed by atoms with Gasteiger partial charge in [0.25, 0.3) is 0 Å². The molecule has 0 spiro atoms. The highest BCUT2D eigenvalue weighted by molar-refractivity contribution is 8.01. The van der Waals surface area contributed by atoms with Gasteiger partial charge in [-0.3, -0.25) is 9.59 Å². The van der Waals surface area contributed by atoms with Crippen LogP contribution in [0.4, 0.5) is 13.2 Å². The second-order valence-electron chi connectivity index (χ2n) is 12.7. The number of alkyl halides is 4. The minimum atomic E-state index is -5.33. The Kier molecular flexibility index (Phi) is 15.7. The number of esters is 2. The standard InChI is InChI=1S/C41H41ClF3NO9S/c1-50-39(49)40(56-31-20-12-5-13-21-31)22-32(52-25-29-16-8-3-9-17-29)35(46-38(48)41(43,44)45)37(55-40)36(53-26-30-18-10-4-11-19-30)33(54-34(47)23-42)27-51-24-28-14-6-2-7-15-28/h2-21,32-33,35-37H,22-27H2,1H3,(H,46,48)/t32-,33+,35+,36+,37+,40+/m0/s1. The van der Waals surface area contributed by atoms with Crippen molar-refractivity contribution in [1.29, 1.82) is 0 Å². The largest absolute Gasteiger partial charge is 0.471 e. The number of nitrogens with one attached hydrogen (secondary N) is 1. The van der Waals surface area contributed by atoms with E-state index < -0.39 is 65.3 Å². The molecule has 1 aliphatic heterocycles. The Morgan fingerprint density at radius 2 is 1.38 bits per heavy atom. The third-order valence-corrected chi connectivity index (χ3v) is 10.2. The fraction of sp³-hybridized carbons (Fsp3) is 0.341. The maximum absolute atomic E-state index is 14.1. The number of thioether (sulfide) groups is 1. The number of carbonyl (C=O) groups is 3. The molecule has 0 aliphatic carbocycles. The van der Waals surface area contributed by atoms with Gasteiger partial charge in [-0.1, -0.05) is 121 Å². The van der Waals surface area contributed by atoms with Gasteiger partial charge in [-0.15, -0.1) is 11.6 Å². The molecule has 0 bridgehead atoms. The van der Waals surface area contributed by atoms with Crippen molar-refractivity contribution < 1.29 is 56.0 Å². The number of hydrogen-bond acceptors (Lipinski definition) is 10. The Bertz CT molecular complexity index is 1830. The zero-order valence-electron chi connectivity index (χ0n) is 30.3. The minimum absolute atomic E-state index is 0.0553. The number of amides is 1. The average molecular weight is 816 g/mol. The molecule has 56 heavy (non-hydrogen) atoms. The highest BCUT2D eigenvalue weighted by Gasteiger charge is 2.58. The lowest BCUT2D eigenvalue weighted by atomic mass is 9.89. The summed E-state index contributed by atoms with van der Waals surface area (Å²) in [7, 11) is 1.15. The van der Waals surface area contributed by atoms with Gasteiger partial charge < -0.3 is 33.7 Å². The summed E-state index contributed by atoms with van der Waals surface area (Å²) >= 11 is 6.85. The molecule has 6 atom stereocenters. The molecule has 0 unspecified atom stereocenters. The van der Waals surface area contributed by atoms with Crippen LogP contribution in [0.3, 0.4) is 0 Å². The molecule has 4 aromatic rings. The molecule has 0 aromatic heterocycles.